The van der Waals surface area contributed by atoms with Gasteiger partial charge in [0.15, 0.2) is 5.82 Å². The Morgan fingerprint density at radius 1 is 1.13 bits per heavy atom. The van der Waals surface area contributed by atoms with Crippen LogP contribution in [0.5, 0.6) is 0 Å². The lowest BCUT2D eigenvalue weighted by molar-refractivity contribution is 0.102. The van der Waals surface area contributed by atoms with Gasteiger partial charge in [-0.15, -0.1) is 11.3 Å². The summed E-state index contributed by atoms with van der Waals surface area (Å²) in [6.45, 7) is 3.83. The zero-order valence-electron chi connectivity index (χ0n) is 12.6. The van der Waals surface area contributed by atoms with E-state index < -0.39 is 0 Å². The van der Waals surface area contributed by atoms with Gasteiger partial charge in [0.25, 0.3) is 5.91 Å². The molecule has 1 N–H and O–H groups in total. The number of nitrogens with one attached hydrogen (secondary N) is 1. The van der Waals surface area contributed by atoms with E-state index in [2.05, 4.69) is 34.5 Å². The van der Waals surface area contributed by atoms with Crippen LogP contribution in [0.4, 0.5) is 5.82 Å². The molecule has 0 aliphatic carbocycles. The van der Waals surface area contributed by atoms with Gasteiger partial charge in [-0.3, -0.25) is 4.79 Å². The first-order valence-corrected chi connectivity index (χ1v) is 7.96. The number of fused-ring (bicyclic) bond motifs is 2. The SMILES string of the molecule is Cc1ccc2nc3sc(C(=O)Nc4cc(C)on4)cc3cc2c1. The van der Waals surface area contributed by atoms with Crippen LogP contribution in [-0.4, -0.2) is 16.0 Å². The van der Waals surface area contributed by atoms with Crippen molar-refractivity contribution in [2.24, 2.45) is 0 Å². The fraction of sp³-hybridized carbons (Fsp3) is 0.118. The molecule has 0 unspecified atom stereocenters. The maximum Gasteiger partial charge on any atom is 0.267 e. The zero-order chi connectivity index (χ0) is 16.0. The maximum absolute atomic E-state index is 12.3. The third-order valence-electron chi connectivity index (χ3n) is 3.55. The fourth-order valence-electron chi connectivity index (χ4n) is 2.47. The van der Waals surface area contributed by atoms with Crippen LogP contribution in [0.25, 0.3) is 21.1 Å². The average molecular weight is 323 g/mol. The Labute approximate surface area is 135 Å². The van der Waals surface area contributed by atoms with E-state index >= 15 is 0 Å². The molecule has 0 aliphatic heterocycles. The van der Waals surface area contributed by atoms with Crippen molar-refractivity contribution in [3.63, 3.8) is 0 Å². The van der Waals surface area contributed by atoms with Crippen LogP contribution in [0.15, 0.2) is 40.9 Å². The number of carbonyl (C=O) groups excluding carboxylic acids is 1. The number of hydrogen-bond acceptors (Lipinski definition) is 5. The molecule has 0 bridgehead atoms. The molecule has 3 aromatic heterocycles. The molecule has 0 aliphatic rings. The number of nitrogens with zero attached hydrogens (tertiary/aromatic N) is 2. The highest BCUT2D eigenvalue weighted by Gasteiger charge is 2.13. The van der Waals surface area contributed by atoms with Crippen LogP contribution in [0.1, 0.15) is 21.0 Å². The third kappa shape index (κ3) is 2.57. The smallest absolute Gasteiger partial charge is 0.267 e. The van der Waals surface area contributed by atoms with Crippen LogP contribution in [0.3, 0.4) is 0 Å². The molecule has 1 amide bonds. The molecule has 114 valence electrons. The summed E-state index contributed by atoms with van der Waals surface area (Å²) < 4.78 is 4.95. The lowest BCUT2D eigenvalue weighted by Gasteiger charge is -1.98. The normalized spacial score (nSPS) is 11.2. The summed E-state index contributed by atoms with van der Waals surface area (Å²) in [6, 6.07) is 11.7. The summed E-state index contributed by atoms with van der Waals surface area (Å²) in [5, 5.41) is 8.55. The summed E-state index contributed by atoms with van der Waals surface area (Å²) in [5.74, 6) is 0.861. The van der Waals surface area contributed by atoms with Crippen molar-refractivity contribution < 1.29 is 9.32 Å². The van der Waals surface area contributed by atoms with Gasteiger partial charge in [-0.1, -0.05) is 16.8 Å². The Bertz CT molecular complexity index is 1050. The van der Waals surface area contributed by atoms with Crippen molar-refractivity contribution in [2.45, 2.75) is 13.8 Å². The molecular weight excluding hydrogens is 310 g/mol. The Kier molecular flexibility index (Phi) is 3.12. The monoisotopic (exact) mass is 323 g/mol. The van der Waals surface area contributed by atoms with Gasteiger partial charge in [0.05, 0.1) is 10.4 Å². The predicted molar refractivity (Wildman–Crippen MR) is 91.1 cm³/mol. The average Bonchev–Trinajstić information content (AvgIpc) is 3.10. The molecular formula is C17H13N3O2S. The second-order valence-electron chi connectivity index (χ2n) is 5.47. The molecule has 0 saturated carbocycles. The standard InChI is InChI=1S/C17H13N3O2S/c1-9-3-4-13-11(5-9)7-12-8-14(23-17(12)18-13)16(21)19-15-6-10(2)22-20-15/h3-8H,1-2H3,(H,19,20,21). The lowest BCUT2D eigenvalue weighted by Crippen LogP contribution is -2.10. The molecule has 5 nitrogen and oxygen atoms in total. The third-order valence-corrected chi connectivity index (χ3v) is 4.59. The van der Waals surface area contributed by atoms with E-state index in [0.29, 0.717) is 16.5 Å². The highest BCUT2D eigenvalue weighted by atomic mass is 32.1. The fourth-order valence-corrected chi connectivity index (χ4v) is 3.39. The van der Waals surface area contributed by atoms with Crippen molar-refractivity contribution in [2.75, 3.05) is 5.32 Å². The van der Waals surface area contributed by atoms with Gasteiger partial charge in [0.1, 0.15) is 10.6 Å². The summed E-state index contributed by atoms with van der Waals surface area (Å²) in [4.78, 5) is 18.4. The van der Waals surface area contributed by atoms with Gasteiger partial charge in [0.2, 0.25) is 0 Å². The summed E-state index contributed by atoms with van der Waals surface area (Å²) >= 11 is 1.37. The van der Waals surface area contributed by atoms with Crippen molar-refractivity contribution in [3.8, 4) is 0 Å². The molecule has 1 aromatic carbocycles. The summed E-state index contributed by atoms with van der Waals surface area (Å²) in [5.41, 5.74) is 2.12. The molecule has 6 heteroatoms. The van der Waals surface area contributed by atoms with E-state index in [4.69, 9.17) is 4.52 Å². The van der Waals surface area contributed by atoms with E-state index in [-0.39, 0.29) is 5.91 Å². The Morgan fingerprint density at radius 2 is 2.00 bits per heavy atom. The van der Waals surface area contributed by atoms with Gasteiger partial charge in [0, 0.05) is 16.8 Å². The lowest BCUT2D eigenvalue weighted by atomic mass is 10.1. The minimum atomic E-state index is -0.207. The van der Waals surface area contributed by atoms with Crippen molar-refractivity contribution >= 4 is 44.2 Å². The van der Waals surface area contributed by atoms with Gasteiger partial charge in [-0.25, -0.2) is 4.98 Å². The van der Waals surface area contributed by atoms with Gasteiger partial charge < -0.3 is 9.84 Å². The van der Waals surface area contributed by atoms with Crippen molar-refractivity contribution in [3.05, 3.63) is 52.6 Å². The summed E-state index contributed by atoms with van der Waals surface area (Å²) in [7, 11) is 0. The molecule has 4 aromatic rings. The number of carbonyl (C=O) groups is 1. The number of pyridine rings is 1. The number of aromatic nitrogens is 2. The van der Waals surface area contributed by atoms with Crippen LogP contribution in [-0.2, 0) is 0 Å². The van der Waals surface area contributed by atoms with Gasteiger partial charge in [-0.05, 0) is 38.1 Å². The molecule has 0 spiro atoms. The number of benzene rings is 1. The maximum atomic E-state index is 12.3. The van der Waals surface area contributed by atoms with Crippen molar-refractivity contribution in [1.29, 1.82) is 0 Å². The Hall–Kier alpha value is -2.73. The molecule has 0 saturated heterocycles. The van der Waals surface area contributed by atoms with Crippen LogP contribution in [0.2, 0.25) is 0 Å². The van der Waals surface area contributed by atoms with E-state index in [0.717, 1.165) is 21.1 Å². The van der Waals surface area contributed by atoms with E-state index in [9.17, 15) is 4.79 Å². The van der Waals surface area contributed by atoms with Crippen molar-refractivity contribution in [1.82, 2.24) is 10.1 Å². The van der Waals surface area contributed by atoms with E-state index in [1.165, 1.54) is 16.9 Å². The number of rotatable bonds is 2. The van der Waals surface area contributed by atoms with E-state index in [1.807, 2.05) is 18.2 Å². The number of aryl methyl sites for hydroxylation is 2. The van der Waals surface area contributed by atoms with Crippen LogP contribution < -0.4 is 5.32 Å². The quantitative estimate of drug-likeness (QED) is 0.597. The van der Waals surface area contributed by atoms with Crippen LogP contribution in [0, 0.1) is 13.8 Å². The van der Waals surface area contributed by atoms with E-state index in [1.54, 1.807) is 13.0 Å². The van der Waals surface area contributed by atoms with Gasteiger partial charge in [-0.2, -0.15) is 0 Å². The summed E-state index contributed by atoms with van der Waals surface area (Å²) in [6.07, 6.45) is 0. The Balaban J connectivity index is 1.72. The molecule has 23 heavy (non-hydrogen) atoms. The Morgan fingerprint density at radius 3 is 2.78 bits per heavy atom. The highest BCUT2D eigenvalue weighted by molar-refractivity contribution is 7.20. The minimum absolute atomic E-state index is 0.207. The first-order chi connectivity index (χ1) is 11.1. The number of anilines is 1. The molecule has 0 atom stereocenters. The first-order valence-electron chi connectivity index (χ1n) is 7.14. The molecule has 4 rings (SSSR count). The zero-order valence-corrected chi connectivity index (χ0v) is 13.4. The number of hydrogen-bond donors (Lipinski definition) is 1. The topological polar surface area (TPSA) is 68.0 Å². The highest BCUT2D eigenvalue weighted by Crippen LogP contribution is 2.28. The van der Waals surface area contributed by atoms with Gasteiger partial charge >= 0.3 is 0 Å². The largest absolute Gasteiger partial charge is 0.360 e. The molecule has 0 radical (unpaired) electrons. The first kappa shape index (κ1) is 13.9. The molecule has 0 fully saturated rings. The van der Waals surface area contributed by atoms with Crippen LogP contribution >= 0.6 is 11.3 Å². The second kappa shape index (κ2) is 5.17. The minimum Gasteiger partial charge on any atom is -0.360 e. The predicted octanol–water partition coefficient (Wildman–Crippen LogP) is 4.31. The number of thiophene rings is 1. The molecule has 3 heterocycles. The number of amides is 1. The second-order valence-corrected chi connectivity index (χ2v) is 6.50.